The van der Waals surface area contributed by atoms with Crippen molar-refractivity contribution in [3.63, 3.8) is 0 Å². The number of rotatable bonds is 8. The molecule has 1 atom stereocenters. The molecule has 0 aliphatic carbocycles. The number of fused-ring (bicyclic) bond motifs is 1. The van der Waals surface area contributed by atoms with E-state index < -0.39 is 22.5 Å². The molecule has 0 spiro atoms. The van der Waals surface area contributed by atoms with Gasteiger partial charge in [0.05, 0.1) is 21.6 Å². The average molecular weight is 479 g/mol. The molecule has 170 valence electrons. The summed E-state index contributed by atoms with van der Waals surface area (Å²) in [6.45, 7) is 5.24. The molecule has 0 saturated heterocycles. The lowest BCUT2D eigenvalue weighted by molar-refractivity contribution is -0.127. The largest absolute Gasteiger partial charge is 0.479 e. The van der Waals surface area contributed by atoms with Crippen LogP contribution in [0.1, 0.15) is 20.8 Å². The molecule has 3 N–H and O–H groups in total. The number of carbonyl (C=O) groups is 1. The molecule has 8 nitrogen and oxygen atoms in total. The van der Waals surface area contributed by atoms with Gasteiger partial charge in [0, 0.05) is 17.8 Å². The average Bonchev–Trinajstić information content (AvgIpc) is 2.68. The third kappa shape index (κ3) is 5.77. The first-order valence-electron chi connectivity index (χ1n) is 9.60. The Hall–Kier alpha value is -3.11. The van der Waals surface area contributed by atoms with Gasteiger partial charge in [-0.05, 0) is 45.0 Å². The van der Waals surface area contributed by atoms with E-state index in [0.29, 0.717) is 33.1 Å². The minimum absolute atomic E-state index is 0.0616. The van der Waals surface area contributed by atoms with E-state index >= 15 is 0 Å². The van der Waals surface area contributed by atoms with Gasteiger partial charge in [-0.3, -0.25) is 4.79 Å². The first-order chi connectivity index (χ1) is 15.1. The number of benzene rings is 2. The summed E-state index contributed by atoms with van der Waals surface area (Å²) in [7, 11) is -1.53. The molecular weight excluding hydrogens is 457 g/mol. The van der Waals surface area contributed by atoms with Gasteiger partial charge >= 0.3 is 0 Å². The fourth-order valence-electron chi connectivity index (χ4n) is 2.90. The number of ether oxygens (including phenoxy) is 1. The highest BCUT2D eigenvalue weighted by molar-refractivity contribution is 7.83. The van der Waals surface area contributed by atoms with Gasteiger partial charge in [-0.2, -0.15) is 16.4 Å². The molecule has 2 aromatic carbocycles. The molecule has 0 fully saturated rings. The van der Waals surface area contributed by atoms with Crippen LogP contribution in [0.4, 0.5) is 21.6 Å². The van der Waals surface area contributed by atoms with Crippen LogP contribution in [0.2, 0.25) is 5.02 Å². The summed E-state index contributed by atoms with van der Waals surface area (Å²) in [6, 6.07) is 7.07. The monoisotopic (exact) mass is 478 g/mol. The summed E-state index contributed by atoms with van der Waals surface area (Å²) >= 11 is 6.43. The van der Waals surface area contributed by atoms with E-state index in [-0.39, 0.29) is 17.7 Å². The Balaban J connectivity index is 1.96. The second kappa shape index (κ2) is 10.0. The van der Waals surface area contributed by atoms with Crippen molar-refractivity contribution in [2.24, 2.45) is 0 Å². The van der Waals surface area contributed by atoms with Gasteiger partial charge in [0.15, 0.2) is 6.10 Å². The molecule has 1 heterocycles. The second-order valence-corrected chi connectivity index (χ2v) is 8.51. The normalized spacial score (nSPS) is 12.1. The van der Waals surface area contributed by atoms with Crippen molar-refractivity contribution in [2.45, 2.75) is 32.9 Å². The summed E-state index contributed by atoms with van der Waals surface area (Å²) in [5, 5.41) is 6.62. The highest BCUT2D eigenvalue weighted by Gasteiger charge is 2.19. The van der Waals surface area contributed by atoms with Crippen molar-refractivity contribution in [3.8, 4) is 5.75 Å². The summed E-state index contributed by atoms with van der Waals surface area (Å²) in [6.07, 6.45) is 0.469. The number of nitrogens with one attached hydrogen (secondary N) is 3. The number of anilines is 3. The van der Waals surface area contributed by atoms with Crippen LogP contribution in [0, 0.1) is 5.82 Å². The molecule has 3 aromatic rings. The molecule has 0 bridgehead atoms. The number of hydrogen-bond donors (Lipinski definition) is 3. The number of halogens is 2. The molecule has 1 aromatic heterocycles. The lowest BCUT2D eigenvalue weighted by Gasteiger charge is -2.19. The Bertz CT molecular complexity index is 1230. The smallest absolute Gasteiger partial charge is 0.260 e. The molecule has 0 saturated carbocycles. The van der Waals surface area contributed by atoms with Crippen LogP contribution in [0.15, 0.2) is 36.7 Å². The van der Waals surface area contributed by atoms with E-state index in [1.807, 2.05) is 13.8 Å². The first-order valence-corrected chi connectivity index (χ1v) is 11.3. The lowest BCUT2D eigenvalue weighted by atomic mass is 10.2. The number of hydrogen-bond acceptors (Lipinski definition) is 7. The third-order valence-corrected chi connectivity index (χ3v) is 4.98. The van der Waals surface area contributed by atoms with Crippen LogP contribution in [-0.4, -0.2) is 33.9 Å². The zero-order valence-electron chi connectivity index (χ0n) is 17.6. The van der Waals surface area contributed by atoms with Crippen molar-refractivity contribution < 1.29 is 18.1 Å². The van der Waals surface area contributed by atoms with Gasteiger partial charge in [0.1, 0.15) is 23.7 Å². The van der Waals surface area contributed by atoms with Crippen molar-refractivity contribution in [1.29, 1.82) is 0 Å². The van der Waals surface area contributed by atoms with Crippen molar-refractivity contribution in [2.75, 3.05) is 10.0 Å². The highest BCUT2D eigenvalue weighted by Crippen LogP contribution is 2.35. The number of carbonyl (C=O) groups excluding carboxylic acids is 1. The van der Waals surface area contributed by atoms with Crippen molar-refractivity contribution in [3.05, 3.63) is 47.5 Å². The van der Waals surface area contributed by atoms with Gasteiger partial charge in [0.25, 0.3) is 5.91 Å². The number of aromatic nitrogens is 2. The van der Waals surface area contributed by atoms with Crippen LogP contribution in [0.25, 0.3) is 10.9 Å². The summed E-state index contributed by atoms with van der Waals surface area (Å²) in [5.41, 5.74) is 1.35. The predicted molar refractivity (Wildman–Crippen MR) is 126 cm³/mol. The van der Waals surface area contributed by atoms with E-state index in [1.54, 1.807) is 19.1 Å². The minimum Gasteiger partial charge on any atom is -0.479 e. The second-order valence-electron chi connectivity index (χ2n) is 7.21. The Morgan fingerprint density at radius 1 is 1.22 bits per heavy atom. The van der Waals surface area contributed by atoms with Crippen LogP contribution < -0.4 is 20.1 Å². The number of amides is 1. The Kier molecular flexibility index (Phi) is 7.37. The molecular formula is C21H22ClFN5O3S-. The summed E-state index contributed by atoms with van der Waals surface area (Å²) < 4.78 is 33.7. The van der Waals surface area contributed by atoms with E-state index in [2.05, 4.69) is 31.2 Å². The standard InChI is InChI=1S/C21H22ClFN5O3S/c1-11(2)26-21(29)12(3)31-18-7-13(23)5-6-16(18)27-20-19-15(22)8-14(28-32(4)30)9-17(19)24-10-25-20/h5-12H,4H2,1-3H3,(H,26,29)(H,28,30)(H,24,25,27)/q-1. The van der Waals surface area contributed by atoms with Gasteiger partial charge in [0.2, 0.25) is 0 Å². The Labute approximate surface area is 191 Å². The van der Waals surface area contributed by atoms with Crippen molar-refractivity contribution in [1.82, 2.24) is 15.3 Å². The third-order valence-electron chi connectivity index (χ3n) is 4.22. The maximum atomic E-state index is 13.9. The summed E-state index contributed by atoms with van der Waals surface area (Å²) in [5.74, 6) is 3.01. The quantitative estimate of drug-likeness (QED) is 0.331. The van der Waals surface area contributed by atoms with E-state index in [9.17, 15) is 13.4 Å². The van der Waals surface area contributed by atoms with Crippen LogP contribution in [0.5, 0.6) is 5.75 Å². The van der Waals surface area contributed by atoms with Crippen LogP contribution in [0.3, 0.4) is 0 Å². The Morgan fingerprint density at radius 3 is 2.66 bits per heavy atom. The summed E-state index contributed by atoms with van der Waals surface area (Å²) in [4.78, 5) is 20.7. The predicted octanol–water partition coefficient (Wildman–Crippen LogP) is 4.18. The molecule has 3 rings (SSSR count). The lowest BCUT2D eigenvalue weighted by Crippen LogP contribution is -2.40. The minimum atomic E-state index is -1.53. The first kappa shape index (κ1) is 23.6. The molecule has 1 unspecified atom stereocenters. The van der Waals surface area contributed by atoms with Crippen LogP contribution in [-0.2, 0) is 19.6 Å². The zero-order chi connectivity index (χ0) is 23.4. The van der Waals surface area contributed by atoms with Gasteiger partial charge < -0.3 is 24.3 Å². The fourth-order valence-corrected chi connectivity index (χ4v) is 3.58. The van der Waals surface area contributed by atoms with Gasteiger partial charge in [-0.1, -0.05) is 11.6 Å². The van der Waals surface area contributed by atoms with E-state index in [1.165, 1.54) is 24.5 Å². The van der Waals surface area contributed by atoms with Crippen molar-refractivity contribution >= 4 is 62.0 Å². The molecule has 11 heteroatoms. The molecule has 32 heavy (non-hydrogen) atoms. The topological polar surface area (TPSA) is 105 Å². The highest BCUT2D eigenvalue weighted by atomic mass is 35.5. The zero-order valence-corrected chi connectivity index (χ0v) is 19.2. The Morgan fingerprint density at radius 2 is 1.97 bits per heavy atom. The molecule has 1 amide bonds. The maximum absolute atomic E-state index is 13.9. The van der Waals surface area contributed by atoms with Crippen LogP contribution >= 0.6 is 11.6 Å². The number of nitrogens with zero attached hydrogens (tertiary/aromatic N) is 2. The molecule has 0 radical (unpaired) electrons. The van der Waals surface area contributed by atoms with E-state index in [0.717, 1.165) is 0 Å². The fraction of sp³-hybridized carbons (Fsp3) is 0.238. The van der Waals surface area contributed by atoms with Gasteiger partial charge in [-0.15, -0.1) is 0 Å². The molecule has 0 aliphatic heterocycles. The van der Waals surface area contributed by atoms with Gasteiger partial charge in [-0.25, -0.2) is 14.4 Å². The van der Waals surface area contributed by atoms with E-state index in [4.69, 9.17) is 16.3 Å². The molecule has 0 aliphatic rings. The SMILES string of the molecule is C=[S-](=O)Nc1cc(Cl)c2c(Nc3ccc(F)cc3OC(C)C(=O)NC(C)C)ncnc2c1. The maximum Gasteiger partial charge on any atom is 0.260 e.